The van der Waals surface area contributed by atoms with Crippen LogP contribution in [0.25, 0.3) is 32.7 Å². The van der Waals surface area contributed by atoms with Crippen LogP contribution in [0.1, 0.15) is 10.4 Å². The molecular weight excluding hydrogens is 304 g/mol. The summed E-state index contributed by atoms with van der Waals surface area (Å²) in [7, 11) is 0. The number of carbonyl (C=O) groups excluding carboxylic acids is 1. The van der Waals surface area contributed by atoms with Crippen LogP contribution in [-0.4, -0.2) is 6.29 Å². The summed E-state index contributed by atoms with van der Waals surface area (Å²) in [4.78, 5) is 11.5. The number of aldehydes is 1. The quantitative estimate of drug-likeness (QED) is 0.321. The van der Waals surface area contributed by atoms with E-state index in [9.17, 15) is 4.79 Å². The van der Waals surface area contributed by atoms with E-state index in [0.717, 1.165) is 28.2 Å². The molecule has 0 heterocycles. The molecule has 2 heteroatoms. The Labute approximate surface area is 139 Å². The van der Waals surface area contributed by atoms with Gasteiger partial charge in [0.05, 0.1) is 5.02 Å². The molecule has 23 heavy (non-hydrogen) atoms. The summed E-state index contributed by atoms with van der Waals surface area (Å²) in [6.45, 7) is 0. The highest BCUT2D eigenvalue weighted by molar-refractivity contribution is 6.33. The van der Waals surface area contributed by atoms with Gasteiger partial charge >= 0.3 is 0 Å². The molecule has 0 aromatic heterocycles. The van der Waals surface area contributed by atoms with E-state index in [1.165, 1.54) is 10.8 Å². The van der Waals surface area contributed by atoms with Gasteiger partial charge in [-0.25, -0.2) is 0 Å². The van der Waals surface area contributed by atoms with Crippen molar-refractivity contribution in [2.45, 2.75) is 0 Å². The molecule has 0 aliphatic heterocycles. The standard InChI is InChI=1S/C21H13ClO/c22-21-11-5-10-18(20(21)13-23)19-12-14-6-1-2-7-15(14)16-8-3-4-9-17(16)19/h1-13H. The zero-order valence-corrected chi connectivity index (χ0v) is 13.0. The van der Waals surface area contributed by atoms with E-state index in [2.05, 4.69) is 30.3 Å². The molecule has 0 aliphatic carbocycles. The minimum absolute atomic E-state index is 0.481. The van der Waals surface area contributed by atoms with Crippen LogP contribution >= 0.6 is 11.6 Å². The Balaban J connectivity index is 2.19. The summed E-state index contributed by atoms with van der Waals surface area (Å²) in [6, 6.07) is 24.3. The first-order valence-corrected chi connectivity index (χ1v) is 7.82. The number of hydrogen-bond acceptors (Lipinski definition) is 1. The molecule has 110 valence electrons. The summed E-state index contributed by atoms with van der Waals surface area (Å²) in [5, 5.41) is 5.14. The van der Waals surface area contributed by atoms with Gasteiger partial charge in [-0.05, 0) is 44.8 Å². The van der Waals surface area contributed by atoms with Crippen LogP contribution in [0.4, 0.5) is 0 Å². The minimum Gasteiger partial charge on any atom is -0.298 e. The first-order chi connectivity index (χ1) is 11.3. The Morgan fingerprint density at radius 3 is 2.17 bits per heavy atom. The largest absolute Gasteiger partial charge is 0.298 e. The number of rotatable bonds is 2. The fourth-order valence-corrected chi connectivity index (χ4v) is 3.39. The molecule has 0 amide bonds. The van der Waals surface area contributed by atoms with Crippen molar-refractivity contribution in [3.8, 4) is 11.1 Å². The lowest BCUT2D eigenvalue weighted by molar-refractivity contribution is 0.112. The molecule has 0 bridgehead atoms. The van der Waals surface area contributed by atoms with Crippen LogP contribution in [0.5, 0.6) is 0 Å². The third kappa shape index (κ3) is 2.21. The third-order valence-corrected chi connectivity index (χ3v) is 4.56. The number of halogens is 1. The van der Waals surface area contributed by atoms with Gasteiger partial charge in [0.1, 0.15) is 0 Å². The molecule has 0 saturated heterocycles. The lowest BCUT2D eigenvalue weighted by Crippen LogP contribution is -1.91. The fraction of sp³-hybridized carbons (Fsp3) is 0. The summed E-state index contributed by atoms with van der Waals surface area (Å²) in [5.41, 5.74) is 2.44. The Morgan fingerprint density at radius 2 is 1.39 bits per heavy atom. The van der Waals surface area contributed by atoms with E-state index < -0.39 is 0 Å². The van der Waals surface area contributed by atoms with Gasteiger partial charge in [0, 0.05) is 5.56 Å². The number of benzene rings is 4. The molecular formula is C21H13ClO. The molecule has 0 saturated carbocycles. The summed E-state index contributed by atoms with van der Waals surface area (Å²) in [6.07, 6.45) is 0.835. The van der Waals surface area contributed by atoms with Gasteiger partial charge in [0.15, 0.2) is 6.29 Å². The second-order valence-electron chi connectivity index (χ2n) is 5.51. The maximum absolute atomic E-state index is 11.5. The topological polar surface area (TPSA) is 17.1 Å². The van der Waals surface area contributed by atoms with Gasteiger partial charge in [-0.3, -0.25) is 4.79 Å². The van der Waals surface area contributed by atoms with Crippen LogP contribution in [0.15, 0.2) is 72.8 Å². The molecule has 4 rings (SSSR count). The molecule has 0 aliphatic rings. The monoisotopic (exact) mass is 316 g/mol. The van der Waals surface area contributed by atoms with Gasteiger partial charge in [-0.15, -0.1) is 0 Å². The van der Waals surface area contributed by atoms with E-state index in [-0.39, 0.29) is 0 Å². The zero-order valence-electron chi connectivity index (χ0n) is 12.3. The molecule has 0 unspecified atom stereocenters. The van der Waals surface area contributed by atoms with E-state index in [1.54, 1.807) is 6.07 Å². The fourth-order valence-electron chi connectivity index (χ4n) is 3.17. The summed E-state index contributed by atoms with van der Waals surface area (Å²) < 4.78 is 0. The number of fused-ring (bicyclic) bond motifs is 3. The molecule has 0 radical (unpaired) electrons. The van der Waals surface area contributed by atoms with Crippen LogP contribution in [0, 0.1) is 0 Å². The van der Waals surface area contributed by atoms with Crippen molar-refractivity contribution in [3.05, 3.63) is 83.4 Å². The zero-order chi connectivity index (χ0) is 15.8. The van der Waals surface area contributed by atoms with Gasteiger partial charge in [0.25, 0.3) is 0 Å². The van der Waals surface area contributed by atoms with Crippen molar-refractivity contribution >= 4 is 39.4 Å². The molecule has 0 spiro atoms. The number of carbonyl (C=O) groups is 1. The Bertz CT molecular complexity index is 1050. The Hall–Kier alpha value is -2.64. The van der Waals surface area contributed by atoms with Gasteiger partial charge < -0.3 is 0 Å². The highest BCUT2D eigenvalue weighted by Gasteiger charge is 2.13. The van der Waals surface area contributed by atoms with E-state index in [0.29, 0.717) is 10.6 Å². The van der Waals surface area contributed by atoms with E-state index >= 15 is 0 Å². The number of hydrogen-bond donors (Lipinski definition) is 0. The van der Waals surface area contributed by atoms with Crippen molar-refractivity contribution in [2.75, 3.05) is 0 Å². The molecule has 0 fully saturated rings. The van der Waals surface area contributed by atoms with Gasteiger partial charge in [-0.2, -0.15) is 0 Å². The predicted octanol–water partition coefficient (Wildman–Crippen LogP) is 6.13. The van der Waals surface area contributed by atoms with Crippen molar-refractivity contribution in [3.63, 3.8) is 0 Å². The second kappa shape index (κ2) is 5.53. The van der Waals surface area contributed by atoms with Crippen molar-refractivity contribution in [1.29, 1.82) is 0 Å². The molecule has 4 aromatic rings. The summed E-state index contributed by atoms with van der Waals surface area (Å²) >= 11 is 6.22. The highest BCUT2D eigenvalue weighted by atomic mass is 35.5. The van der Waals surface area contributed by atoms with Gasteiger partial charge in [-0.1, -0.05) is 72.3 Å². The van der Waals surface area contributed by atoms with Crippen LogP contribution < -0.4 is 0 Å². The van der Waals surface area contributed by atoms with Crippen LogP contribution in [0.2, 0.25) is 5.02 Å². The van der Waals surface area contributed by atoms with Crippen LogP contribution in [0.3, 0.4) is 0 Å². The van der Waals surface area contributed by atoms with E-state index in [4.69, 9.17) is 11.6 Å². The Morgan fingerprint density at radius 1 is 0.696 bits per heavy atom. The van der Waals surface area contributed by atoms with Crippen molar-refractivity contribution in [1.82, 2.24) is 0 Å². The molecule has 1 nitrogen and oxygen atoms in total. The van der Waals surface area contributed by atoms with Crippen molar-refractivity contribution in [2.24, 2.45) is 0 Å². The van der Waals surface area contributed by atoms with E-state index in [1.807, 2.05) is 36.4 Å². The molecule has 4 aromatic carbocycles. The summed E-state index contributed by atoms with van der Waals surface area (Å²) in [5.74, 6) is 0. The first-order valence-electron chi connectivity index (χ1n) is 7.44. The Kier molecular flexibility index (Phi) is 3.36. The molecule has 0 atom stereocenters. The maximum atomic E-state index is 11.5. The lowest BCUT2D eigenvalue weighted by atomic mass is 9.91. The second-order valence-corrected chi connectivity index (χ2v) is 5.92. The maximum Gasteiger partial charge on any atom is 0.152 e. The average molecular weight is 317 g/mol. The molecule has 0 N–H and O–H groups in total. The SMILES string of the molecule is O=Cc1c(Cl)cccc1-c1cc2ccccc2c2ccccc12. The highest BCUT2D eigenvalue weighted by Crippen LogP contribution is 2.37. The van der Waals surface area contributed by atoms with Gasteiger partial charge in [0.2, 0.25) is 0 Å². The smallest absolute Gasteiger partial charge is 0.152 e. The van der Waals surface area contributed by atoms with Crippen LogP contribution in [-0.2, 0) is 0 Å². The first kappa shape index (κ1) is 14.0. The third-order valence-electron chi connectivity index (χ3n) is 4.23. The van der Waals surface area contributed by atoms with Crippen molar-refractivity contribution < 1.29 is 4.79 Å². The lowest BCUT2D eigenvalue weighted by Gasteiger charge is -2.13. The normalized spacial score (nSPS) is 11.0. The predicted molar refractivity (Wildman–Crippen MR) is 97.3 cm³/mol. The minimum atomic E-state index is 0.481. The average Bonchev–Trinajstić information content (AvgIpc) is 2.61.